The van der Waals surface area contributed by atoms with Crippen LogP contribution < -0.4 is 20.1 Å². The number of nitrogens with one attached hydrogen (secondary N) is 3. The third-order valence-corrected chi connectivity index (χ3v) is 5.15. The number of ether oxygens (including phenoxy) is 2. The van der Waals surface area contributed by atoms with Crippen molar-refractivity contribution in [3.63, 3.8) is 0 Å². The van der Waals surface area contributed by atoms with Crippen LogP contribution in [0.2, 0.25) is 0 Å². The molecule has 4 rings (SSSR count). The maximum Gasteiger partial charge on any atom is 0.416 e. The van der Waals surface area contributed by atoms with E-state index < -0.39 is 17.8 Å². The monoisotopic (exact) mass is 446 g/mol. The van der Waals surface area contributed by atoms with Gasteiger partial charge >= 0.3 is 12.2 Å². The van der Waals surface area contributed by atoms with Crippen LogP contribution in [-0.2, 0) is 6.18 Å². The first-order valence-corrected chi connectivity index (χ1v) is 9.86. The van der Waals surface area contributed by atoms with Crippen molar-refractivity contribution >= 4 is 17.4 Å². The molecular formula is C22H21F3N4O3. The van der Waals surface area contributed by atoms with E-state index in [9.17, 15) is 18.0 Å². The van der Waals surface area contributed by atoms with Gasteiger partial charge in [0, 0.05) is 17.2 Å². The Morgan fingerprint density at radius 1 is 1.03 bits per heavy atom. The molecule has 10 heteroatoms. The van der Waals surface area contributed by atoms with Crippen molar-refractivity contribution in [2.75, 3.05) is 24.9 Å². The van der Waals surface area contributed by atoms with Crippen molar-refractivity contribution in [2.24, 2.45) is 0 Å². The van der Waals surface area contributed by atoms with Gasteiger partial charge in [0.1, 0.15) is 5.69 Å². The molecule has 0 saturated heterocycles. The number of aromatic nitrogens is 2. The summed E-state index contributed by atoms with van der Waals surface area (Å²) in [5, 5.41) is 12.8. The number of hydrogen-bond donors (Lipinski definition) is 3. The molecule has 1 saturated carbocycles. The largest absolute Gasteiger partial charge is 0.493 e. The Bertz CT molecular complexity index is 1120. The third kappa shape index (κ3) is 4.48. The van der Waals surface area contributed by atoms with E-state index in [1.54, 1.807) is 18.2 Å². The van der Waals surface area contributed by atoms with Crippen LogP contribution >= 0.6 is 0 Å². The van der Waals surface area contributed by atoms with Crippen molar-refractivity contribution in [1.29, 1.82) is 0 Å². The number of halogens is 3. The van der Waals surface area contributed by atoms with Gasteiger partial charge in [-0.2, -0.15) is 18.3 Å². The summed E-state index contributed by atoms with van der Waals surface area (Å²) < 4.78 is 48.8. The Hall–Kier alpha value is -3.69. The zero-order valence-corrected chi connectivity index (χ0v) is 17.3. The summed E-state index contributed by atoms with van der Waals surface area (Å²) >= 11 is 0. The molecule has 2 amide bonds. The standard InChI is InChI=1S/C22H21F3N4O3/c1-31-16-10-5-13(11-17(16)32-2)19-20(18(28-29-19)12-3-4-12)27-21(30)26-15-8-6-14(7-9-15)22(23,24)25/h5-12H,3-4H2,1-2H3,(H,28,29)(H2,26,27,30). The highest BCUT2D eigenvalue weighted by Crippen LogP contribution is 2.45. The van der Waals surface area contributed by atoms with Crippen LogP contribution in [0.25, 0.3) is 11.3 Å². The van der Waals surface area contributed by atoms with Crippen molar-refractivity contribution in [1.82, 2.24) is 10.2 Å². The first-order chi connectivity index (χ1) is 15.3. The molecule has 168 valence electrons. The van der Waals surface area contributed by atoms with Crippen LogP contribution in [0.4, 0.5) is 29.3 Å². The summed E-state index contributed by atoms with van der Waals surface area (Å²) in [6, 6.07) is 8.94. The molecule has 0 bridgehead atoms. The number of carbonyl (C=O) groups is 1. The van der Waals surface area contributed by atoms with Crippen LogP contribution in [0.3, 0.4) is 0 Å². The molecule has 0 aliphatic heterocycles. The molecule has 0 unspecified atom stereocenters. The zero-order valence-electron chi connectivity index (χ0n) is 17.3. The highest BCUT2D eigenvalue weighted by atomic mass is 19.4. The summed E-state index contributed by atoms with van der Waals surface area (Å²) in [5.41, 5.74) is 2.00. The fourth-order valence-electron chi connectivity index (χ4n) is 3.36. The second kappa shape index (κ2) is 8.45. The maximum absolute atomic E-state index is 12.7. The van der Waals surface area contributed by atoms with E-state index in [0.29, 0.717) is 28.4 Å². The molecule has 1 aliphatic rings. The van der Waals surface area contributed by atoms with Crippen molar-refractivity contribution in [3.8, 4) is 22.8 Å². The van der Waals surface area contributed by atoms with Gasteiger partial charge in [-0.05, 0) is 55.3 Å². The highest BCUT2D eigenvalue weighted by Gasteiger charge is 2.32. The molecule has 32 heavy (non-hydrogen) atoms. The molecule has 1 aromatic heterocycles. The minimum absolute atomic E-state index is 0.236. The lowest BCUT2D eigenvalue weighted by molar-refractivity contribution is -0.137. The number of anilines is 2. The molecule has 2 aromatic carbocycles. The normalized spacial score (nSPS) is 13.5. The summed E-state index contributed by atoms with van der Waals surface area (Å²) in [6.45, 7) is 0. The second-order valence-electron chi connectivity index (χ2n) is 7.36. The number of carbonyl (C=O) groups excluding carboxylic acids is 1. The molecule has 1 aliphatic carbocycles. The summed E-state index contributed by atoms with van der Waals surface area (Å²) in [7, 11) is 3.06. The number of amides is 2. The van der Waals surface area contributed by atoms with Crippen molar-refractivity contribution in [2.45, 2.75) is 24.9 Å². The Morgan fingerprint density at radius 3 is 2.31 bits per heavy atom. The van der Waals surface area contributed by atoms with Gasteiger partial charge in [-0.25, -0.2) is 4.79 Å². The SMILES string of the molecule is COc1ccc(-c2n[nH]c(C3CC3)c2NC(=O)Nc2ccc(C(F)(F)F)cc2)cc1OC. The Morgan fingerprint density at radius 2 is 1.72 bits per heavy atom. The van der Waals surface area contributed by atoms with E-state index >= 15 is 0 Å². The zero-order chi connectivity index (χ0) is 22.9. The van der Waals surface area contributed by atoms with E-state index in [-0.39, 0.29) is 11.6 Å². The van der Waals surface area contributed by atoms with E-state index in [1.807, 2.05) is 0 Å². The molecule has 3 aromatic rings. The predicted molar refractivity (Wildman–Crippen MR) is 113 cm³/mol. The average Bonchev–Trinajstić information content (AvgIpc) is 3.53. The summed E-state index contributed by atoms with van der Waals surface area (Å²) in [4.78, 5) is 12.6. The number of hydrogen-bond acceptors (Lipinski definition) is 4. The summed E-state index contributed by atoms with van der Waals surface area (Å²) in [6.07, 6.45) is -2.49. The minimum atomic E-state index is -4.44. The van der Waals surface area contributed by atoms with Crippen LogP contribution in [0.1, 0.15) is 30.0 Å². The number of alkyl halides is 3. The Balaban J connectivity index is 1.58. The number of benzene rings is 2. The summed E-state index contributed by atoms with van der Waals surface area (Å²) in [5.74, 6) is 1.34. The molecular weight excluding hydrogens is 425 g/mol. The van der Waals surface area contributed by atoms with Gasteiger partial charge < -0.3 is 20.1 Å². The highest BCUT2D eigenvalue weighted by molar-refractivity contribution is 6.02. The fraction of sp³-hybridized carbons (Fsp3) is 0.273. The smallest absolute Gasteiger partial charge is 0.416 e. The predicted octanol–water partition coefficient (Wildman–Crippen LogP) is 5.63. The number of H-pyrrole nitrogens is 1. The van der Waals surface area contributed by atoms with E-state index in [0.717, 1.165) is 30.7 Å². The lowest BCUT2D eigenvalue weighted by Gasteiger charge is -2.12. The van der Waals surface area contributed by atoms with Crippen LogP contribution in [-0.4, -0.2) is 30.4 Å². The van der Waals surface area contributed by atoms with Gasteiger partial charge in [-0.1, -0.05) is 0 Å². The van der Waals surface area contributed by atoms with Crippen LogP contribution in [0.5, 0.6) is 11.5 Å². The van der Waals surface area contributed by atoms with E-state index in [1.165, 1.54) is 26.4 Å². The lowest BCUT2D eigenvalue weighted by atomic mass is 10.1. The molecule has 0 atom stereocenters. The lowest BCUT2D eigenvalue weighted by Crippen LogP contribution is -2.20. The topological polar surface area (TPSA) is 88.3 Å². The number of rotatable bonds is 6. The average molecular weight is 446 g/mol. The van der Waals surface area contributed by atoms with Gasteiger partial charge in [0.15, 0.2) is 11.5 Å². The van der Waals surface area contributed by atoms with Gasteiger partial charge in [-0.15, -0.1) is 0 Å². The van der Waals surface area contributed by atoms with E-state index in [2.05, 4.69) is 20.8 Å². The van der Waals surface area contributed by atoms with Gasteiger partial charge in [0.25, 0.3) is 0 Å². The molecule has 1 fully saturated rings. The maximum atomic E-state index is 12.7. The quantitative estimate of drug-likeness (QED) is 0.458. The fourth-order valence-corrected chi connectivity index (χ4v) is 3.36. The Kier molecular flexibility index (Phi) is 5.68. The van der Waals surface area contributed by atoms with E-state index in [4.69, 9.17) is 9.47 Å². The third-order valence-electron chi connectivity index (χ3n) is 5.15. The van der Waals surface area contributed by atoms with Gasteiger partial charge in [0.05, 0.1) is 31.2 Å². The first kappa shape index (κ1) is 21.5. The first-order valence-electron chi connectivity index (χ1n) is 9.86. The number of nitrogens with zero attached hydrogens (tertiary/aromatic N) is 1. The molecule has 0 radical (unpaired) electrons. The number of urea groups is 1. The van der Waals surface area contributed by atoms with Crippen molar-refractivity contribution in [3.05, 3.63) is 53.7 Å². The molecule has 0 spiro atoms. The molecule has 7 nitrogen and oxygen atoms in total. The van der Waals surface area contributed by atoms with Crippen molar-refractivity contribution < 1.29 is 27.4 Å². The number of methoxy groups -OCH3 is 2. The molecule has 1 heterocycles. The molecule has 3 N–H and O–H groups in total. The Labute approximate surface area is 181 Å². The van der Waals surface area contributed by atoms with Gasteiger partial charge in [-0.3, -0.25) is 5.10 Å². The van der Waals surface area contributed by atoms with Crippen LogP contribution in [0, 0.1) is 0 Å². The minimum Gasteiger partial charge on any atom is -0.493 e. The van der Waals surface area contributed by atoms with Crippen LogP contribution in [0.15, 0.2) is 42.5 Å². The van der Waals surface area contributed by atoms with Gasteiger partial charge in [0.2, 0.25) is 0 Å². The number of aromatic amines is 1. The second-order valence-corrected chi connectivity index (χ2v) is 7.36.